The number of aryl methyl sites for hydroxylation is 1. The minimum atomic E-state index is -0.785. The molecule has 1 heterocycles. The lowest BCUT2D eigenvalue weighted by molar-refractivity contribution is -0.147. The van der Waals surface area contributed by atoms with E-state index in [2.05, 4.69) is 10.3 Å². The first kappa shape index (κ1) is 32.2. The third kappa shape index (κ3) is 8.01. The number of fused-ring (bicyclic) bond motifs is 3. The number of hydrogen-bond acceptors (Lipinski definition) is 8. The molecule has 2 amide bonds. The average molecular weight is 607 g/mol. The number of nitrogens with zero attached hydrogens (tertiary/aromatic N) is 2. The monoisotopic (exact) mass is 606 g/mol. The zero-order valence-electron chi connectivity index (χ0n) is 25.5. The molecule has 1 aromatic heterocycles. The van der Waals surface area contributed by atoms with Crippen LogP contribution in [0.4, 0.5) is 4.79 Å². The number of H-pyrrole nitrogens is 1. The van der Waals surface area contributed by atoms with Crippen LogP contribution in [0.1, 0.15) is 43.4 Å². The number of benzene rings is 2. The largest absolute Gasteiger partial charge is 0.468 e. The average Bonchev–Trinajstić information content (AvgIpc) is 3.30. The second-order valence-corrected chi connectivity index (χ2v) is 11.6. The van der Waals surface area contributed by atoms with Gasteiger partial charge in [0.05, 0.1) is 25.4 Å². The van der Waals surface area contributed by atoms with Gasteiger partial charge in [0.2, 0.25) is 5.91 Å². The molecule has 1 atom stereocenters. The maximum atomic E-state index is 13.3. The van der Waals surface area contributed by atoms with Gasteiger partial charge < -0.3 is 24.4 Å². The molecule has 0 saturated heterocycles. The number of esters is 1. The molecule has 0 saturated carbocycles. The van der Waals surface area contributed by atoms with Crippen LogP contribution < -0.4 is 16.6 Å². The molecule has 1 aliphatic carbocycles. The quantitative estimate of drug-likeness (QED) is 0.317. The zero-order chi connectivity index (χ0) is 32.0. The Bertz CT molecular complexity index is 1590. The number of ether oxygens (including phenoxy) is 3. The molecule has 2 aromatic carbocycles. The van der Waals surface area contributed by atoms with E-state index < -0.39 is 54.0 Å². The molecule has 44 heavy (non-hydrogen) atoms. The van der Waals surface area contributed by atoms with E-state index in [1.54, 1.807) is 0 Å². The highest BCUT2D eigenvalue weighted by molar-refractivity contribution is 5.82. The molecule has 234 valence electrons. The second kappa shape index (κ2) is 13.7. The van der Waals surface area contributed by atoms with Crippen molar-refractivity contribution < 1.29 is 28.6 Å². The molecule has 4 rings (SSSR count). The van der Waals surface area contributed by atoms with Crippen LogP contribution in [0.3, 0.4) is 0 Å². The minimum Gasteiger partial charge on any atom is -0.468 e. The van der Waals surface area contributed by atoms with Gasteiger partial charge in [-0.05, 0) is 49.9 Å². The smallest absolute Gasteiger partial charge is 0.407 e. The lowest BCUT2D eigenvalue weighted by Crippen LogP contribution is -2.51. The van der Waals surface area contributed by atoms with Crippen molar-refractivity contribution in [3.8, 4) is 11.1 Å². The molecular weight excluding hydrogens is 568 g/mol. The van der Waals surface area contributed by atoms with E-state index in [4.69, 9.17) is 14.2 Å². The first-order valence-corrected chi connectivity index (χ1v) is 14.3. The number of hydrogen-bond donors (Lipinski definition) is 2. The number of alkyl carbamates (subject to hydrolysis) is 1. The number of carbonyl (C=O) groups excluding carboxylic acids is 3. The Morgan fingerprint density at radius 1 is 1.02 bits per heavy atom. The first-order valence-electron chi connectivity index (χ1n) is 14.3. The van der Waals surface area contributed by atoms with Crippen LogP contribution in [0.25, 0.3) is 11.1 Å². The van der Waals surface area contributed by atoms with Gasteiger partial charge in [0.25, 0.3) is 5.56 Å². The number of aromatic nitrogens is 2. The fourth-order valence-corrected chi connectivity index (χ4v) is 5.02. The van der Waals surface area contributed by atoms with Crippen LogP contribution in [-0.2, 0) is 30.3 Å². The Morgan fingerprint density at radius 2 is 1.64 bits per heavy atom. The third-order valence-electron chi connectivity index (χ3n) is 7.22. The Morgan fingerprint density at radius 3 is 2.23 bits per heavy atom. The van der Waals surface area contributed by atoms with Crippen molar-refractivity contribution in [1.82, 2.24) is 19.8 Å². The summed E-state index contributed by atoms with van der Waals surface area (Å²) in [5, 5.41) is 2.78. The molecular formula is C32H38N4O8. The van der Waals surface area contributed by atoms with Crippen molar-refractivity contribution in [3.05, 3.63) is 92.3 Å². The van der Waals surface area contributed by atoms with E-state index in [0.29, 0.717) is 0 Å². The van der Waals surface area contributed by atoms with Crippen molar-refractivity contribution in [2.45, 2.75) is 51.8 Å². The SMILES string of the molecule is COC(=O)CN(C[C@H](COC(C)(C)C)NC(=O)OCC1c2ccccc2-c2ccccc21)C(=O)Cn1cc(C)c(=O)[nH]c1=O. The molecule has 1 aliphatic rings. The number of nitrogens with one attached hydrogen (secondary N) is 2. The van der Waals surface area contributed by atoms with Gasteiger partial charge in [-0.2, -0.15) is 0 Å². The van der Waals surface area contributed by atoms with E-state index in [9.17, 15) is 24.0 Å². The Hall–Kier alpha value is -4.71. The van der Waals surface area contributed by atoms with Crippen LogP contribution in [0.15, 0.2) is 64.3 Å². The highest BCUT2D eigenvalue weighted by Crippen LogP contribution is 2.44. The number of carbonyl (C=O) groups is 3. The van der Waals surface area contributed by atoms with Crippen LogP contribution >= 0.6 is 0 Å². The topological polar surface area (TPSA) is 149 Å². The van der Waals surface area contributed by atoms with Gasteiger partial charge in [-0.15, -0.1) is 0 Å². The van der Waals surface area contributed by atoms with E-state index in [0.717, 1.165) is 26.8 Å². The summed E-state index contributed by atoms with van der Waals surface area (Å²) < 4.78 is 17.4. The van der Waals surface area contributed by atoms with Crippen molar-refractivity contribution in [3.63, 3.8) is 0 Å². The lowest BCUT2D eigenvalue weighted by atomic mass is 9.98. The predicted octanol–water partition coefficient (Wildman–Crippen LogP) is 2.57. The second-order valence-electron chi connectivity index (χ2n) is 11.6. The molecule has 2 N–H and O–H groups in total. The number of rotatable bonds is 11. The van der Waals surface area contributed by atoms with Crippen LogP contribution in [0.2, 0.25) is 0 Å². The van der Waals surface area contributed by atoms with Crippen molar-refractivity contribution in [2.75, 3.05) is 33.4 Å². The van der Waals surface area contributed by atoms with Crippen molar-refractivity contribution in [2.24, 2.45) is 0 Å². The molecule has 0 bridgehead atoms. The molecule has 0 fully saturated rings. The van der Waals surface area contributed by atoms with E-state index >= 15 is 0 Å². The fourth-order valence-electron chi connectivity index (χ4n) is 5.02. The summed E-state index contributed by atoms with van der Waals surface area (Å²) in [5.74, 6) is -1.45. The molecule has 12 heteroatoms. The highest BCUT2D eigenvalue weighted by Gasteiger charge is 2.30. The Balaban J connectivity index is 1.50. The Labute approximate surface area is 254 Å². The van der Waals surface area contributed by atoms with Gasteiger partial charge >= 0.3 is 17.8 Å². The summed E-state index contributed by atoms with van der Waals surface area (Å²) in [6, 6.07) is 15.2. The summed E-state index contributed by atoms with van der Waals surface area (Å²) in [7, 11) is 1.19. The van der Waals surface area contributed by atoms with Gasteiger partial charge in [0, 0.05) is 24.2 Å². The molecule has 0 spiro atoms. The van der Waals surface area contributed by atoms with Gasteiger partial charge in [-0.3, -0.25) is 23.9 Å². The van der Waals surface area contributed by atoms with Crippen molar-refractivity contribution in [1.29, 1.82) is 0 Å². The Kier molecular flexibility index (Phi) is 10.0. The summed E-state index contributed by atoms with van der Waals surface area (Å²) in [6.45, 7) is 6.09. The molecule has 0 radical (unpaired) electrons. The molecule has 0 unspecified atom stereocenters. The standard InChI is InChI=1S/C32H38N4O8/c1-20-14-36(30(40)34-29(20)39)16-27(37)35(17-28(38)42-5)15-21(18-44-32(2,3)4)33-31(41)43-19-26-24-12-8-6-10-22(24)23-11-7-9-13-25(23)26/h6-14,21,26H,15-19H2,1-5H3,(H,33,41)(H,34,39,40)/t21-/m1/s1. The van der Waals surface area contributed by atoms with Crippen LogP contribution in [0, 0.1) is 6.92 Å². The maximum Gasteiger partial charge on any atom is 0.407 e. The summed E-state index contributed by atoms with van der Waals surface area (Å²) in [5.41, 5.74) is 2.68. The van der Waals surface area contributed by atoms with Crippen LogP contribution in [-0.4, -0.2) is 77.5 Å². The lowest BCUT2D eigenvalue weighted by Gasteiger charge is -2.30. The van der Waals surface area contributed by atoms with Gasteiger partial charge in [0.15, 0.2) is 0 Å². The number of aromatic amines is 1. The summed E-state index contributed by atoms with van der Waals surface area (Å²) in [6.07, 6.45) is 0.553. The van der Waals surface area contributed by atoms with Crippen LogP contribution in [0.5, 0.6) is 0 Å². The summed E-state index contributed by atoms with van der Waals surface area (Å²) in [4.78, 5) is 66.1. The van der Waals surface area contributed by atoms with Gasteiger partial charge in [-0.1, -0.05) is 48.5 Å². The summed E-state index contributed by atoms with van der Waals surface area (Å²) >= 11 is 0. The normalized spacial score (nSPS) is 13.0. The molecule has 3 aromatic rings. The molecule has 12 nitrogen and oxygen atoms in total. The van der Waals surface area contributed by atoms with E-state index in [1.165, 1.54) is 25.1 Å². The third-order valence-corrected chi connectivity index (χ3v) is 7.22. The first-order chi connectivity index (χ1) is 20.9. The predicted molar refractivity (Wildman–Crippen MR) is 162 cm³/mol. The fraction of sp³-hybridized carbons (Fsp3) is 0.406. The van der Waals surface area contributed by atoms with Crippen molar-refractivity contribution >= 4 is 18.0 Å². The number of methoxy groups -OCH3 is 1. The van der Waals surface area contributed by atoms with Gasteiger partial charge in [-0.25, -0.2) is 9.59 Å². The van der Waals surface area contributed by atoms with E-state index in [1.807, 2.05) is 69.3 Å². The maximum absolute atomic E-state index is 13.3. The van der Waals surface area contributed by atoms with E-state index in [-0.39, 0.29) is 31.2 Å². The zero-order valence-corrected chi connectivity index (χ0v) is 25.5. The van der Waals surface area contributed by atoms with Gasteiger partial charge in [0.1, 0.15) is 19.7 Å². The number of amides is 2. The molecule has 0 aliphatic heterocycles. The highest BCUT2D eigenvalue weighted by atomic mass is 16.6. The minimum absolute atomic E-state index is 0.00361.